The average Bonchev–Trinajstić information content (AvgIpc) is 2.75. The fraction of sp³-hybridized carbons (Fsp3) is 0.409. The zero-order valence-corrected chi connectivity index (χ0v) is 18.6. The molecule has 0 unspecified atom stereocenters. The summed E-state index contributed by atoms with van der Waals surface area (Å²) in [5, 5.41) is 15.0. The lowest BCUT2D eigenvalue weighted by molar-refractivity contribution is -0.0884. The molecule has 2 aromatic carbocycles. The van der Waals surface area contributed by atoms with Gasteiger partial charge in [-0.2, -0.15) is 0 Å². The van der Waals surface area contributed by atoms with E-state index in [2.05, 4.69) is 15.4 Å². The van der Waals surface area contributed by atoms with Gasteiger partial charge in [0.15, 0.2) is 0 Å². The first-order valence-electron chi connectivity index (χ1n) is 10.4. The fourth-order valence-electron chi connectivity index (χ4n) is 3.57. The molecule has 4 N–H and O–H groups in total. The minimum absolute atomic E-state index is 0.192. The molecule has 174 valence electrons. The number of aliphatic hydroxyl groups is 1. The maximum atomic E-state index is 13.3. The van der Waals surface area contributed by atoms with E-state index in [9.17, 15) is 22.7 Å². The van der Waals surface area contributed by atoms with Crippen LogP contribution in [0.3, 0.4) is 0 Å². The van der Waals surface area contributed by atoms with E-state index in [0.717, 1.165) is 5.56 Å². The number of anilines is 1. The summed E-state index contributed by atoms with van der Waals surface area (Å²) in [6, 6.07) is 11.2. The van der Waals surface area contributed by atoms with Crippen molar-refractivity contribution >= 4 is 21.7 Å². The van der Waals surface area contributed by atoms with E-state index in [4.69, 9.17) is 4.74 Å². The number of carbonyl (C=O) groups excluding carboxylic acids is 1. The number of sulfonamides is 1. The maximum absolute atomic E-state index is 13.3. The molecule has 32 heavy (non-hydrogen) atoms. The number of carbonyl (C=O) groups is 1. The smallest absolute Gasteiger partial charge is 0.319 e. The summed E-state index contributed by atoms with van der Waals surface area (Å²) in [4.78, 5) is 12.4. The number of urea groups is 1. The highest BCUT2D eigenvalue weighted by atomic mass is 32.2. The molecule has 10 heteroatoms. The molecule has 3 rings (SSSR count). The molecule has 3 atom stereocenters. The van der Waals surface area contributed by atoms with E-state index in [-0.39, 0.29) is 24.2 Å². The summed E-state index contributed by atoms with van der Waals surface area (Å²) in [6.07, 6.45) is 0.701. The number of hydrogen-bond donors (Lipinski definition) is 4. The standard InChI is InChI=1S/C22H28FN3O5S/c1-15-5-8-19(9-6-15)32(29,30)24-12-11-18-7-10-20(21(14-27)31-18)26-22(28)25-17-4-2-3-16(23)13-17/h2-6,8-9,13,18,20-21,24,27H,7,10-12,14H2,1H3,(H2,25,26,28)/t18-,20+,21-/m1/s1. The third kappa shape index (κ3) is 6.73. The van der Waals surface area contributed by atoms with E-state index in [0.29, 0.717) is 24.9 Å². The van der Waals surface area contributed by atoms with Crippen molar-refractivity contribution in [1.29, 1.82) is 0 Å². The summed E-state index contributed by atoms with van der Waals surface area (Å²) in [6.45, 7) is 1.78. The van der Waals surface area contributed by atoms with Gasteiger partial charge in [0, 0.05) is 12.2 Å². The Morgan fingerprint density at radius 3 is 2.62 bits per heavy atom. The molecule has 1 heterocycles. The third-order valence-corrected chi connectivity index (χ3v) is 6.76. The highest BCUT2D eigenvalue weighted by Crippen LogP contribution is 2.22. The van der Waals surface area contributed by atoms with E-state index in [1.54, 1.807) is 30.3 Å². The molecule has 1 aliphatic heterocycles. The highest BCUT2D eigenvalue weighted by molar-refractivity contribution is 7.89. The lowest BCUT2D eigenvalue weighted by atomic mass is 9.97. The molecule has 8 nitrogen and oxygen atoms in total. The van der Waals surface area contributed by atoms with Crippen molar-refractivity contribution < 1.29 is 27.4 Å². The van der Waals surface area contributed by atoms with Crippen LogP contribution < -0.4 is 15.4 Å². The van der Waals surface area contributed by atoms with Crippen molar-refractivity contribution in [3.63, 3.8) is 0 Å². The Morgan fingerprint density at radius 2 is 1.94 bits per heavy atom. The molecule has 1 saturated heterocycles. The fourth-order valence-corrected chi connectivity index (χ4v) is 4.61. The third-order valence-electron chi connectivity index (χ3n) is 5.28. The van der Waals surface area contributed by atoms with Gasteiger partial charge in [0.25, 0.3) is 0 Å². The first-order chi connectivity index (χ1) is 15.3. The van der Waals surface area contributed by atoms with Crippen molar-refractivity contribution in [3.8, 4) is 0 Å². The van der Waals surface area contributed by atoms with Gasteiger partial charge in [-0.3, -0.25) is 0 Å². The van der Waals surface area contributed by atoms with Crippen LogP contribution in [0, 0.1) is 12.7 Å². The van der Waals surface area contributed by atoms with Crippen LogP contribution in [0.1, 0.15) is 24.8 Å². The Balaban J connectivity index is 1.46. The maximum Gasteiger partial charge on any atom is 0.319 e. The van der Waals surface area contributed by atoms with Crippen LogP contribution >= 0.6 is 0 Å². The number of halogens is 1. The van der Waals surface area contributed by atoms with Crippen molar-refractivity contribution in [2.75, 3.05) is 18.5 Å². The molecule has 0 saturated carbocycles. The molecule has 0 aromatic heterocycles. The van der Waals surface area contributed by atoms with E-state index >= 15 is 0 Å². The predicted octanol–water partition coefficient (Wildman–Crippen LogP) is 2.53. The summed E-state index contributed by atoms with van der Waals surface area (Å²) >= 11 is 0. The van der Waals surface area contributed by atoms with E-state index in [1.807, 2.05) is 6.92 Å². The van der Waals surface area contributed by atoms with Crippen LogP contribution in [0.2, 0.25) is 0 Å². The Hall–Kier alpha value is -2.53. The summed E-state index contributed by atoms with van der Waals surface area (Å²) in [5.41, 5.74) is 1.29. The van der Waals surface area contributed by atoms with E-state index in [1.165, 1.54) is 18.2 Å². The first kappa shape index (κ1) is 24.1. The van der Waals surface area contributed by atoms with Crippen molar-refractivity contribution in [2.24, 2.45) is 0 Å². The van der Waals surface area contributed by atoms with E-state index < -0.39 is 34.0 Å². The van der Waals surface area contributed by atoms with Gasteiger partial charge < -0.3 is 20.5 Å². The number of amides is 2. The van der Waals surface area contributed by atoms with Gasteiger partial charge in [0.05, 0.1) is 23.6 Å². The Labute approximate surface area is 187 Å². The number of benzene rings is 2. The summed E-state index contributed by atoms with van der Waals surface area (Å²) in [7, 11) is -3.60. The molecular formula is C22H28FN3O5S. The van der Waals surface area contributed by atoms with Crippen LogP contribution in [0.5, 0.6) is 0 Å². The van der Waals surface area contributed by atoms with Crippen LogP contribution in [0.15, 0.2) is 53.4 Å². The van der Waals surface area contributed by atoms with Crippen LogP contribution in [-0.2, 0) is 14.8 Å². The largest absolute Gasteiger partial charge is 0.394 e. The number of rotatable bonds is 8. The number of aliphatic hydroxyl groups excluding tert-OH is 1. The number of nitrogens with one attached hydrogen (secondary N) is 3. The lowest BCUT2D eigenvalue weighted by Gasteiger charge is -2.36. The monoisotopic (exact) mass is 465 g/mol. The van der Waals surface area contributed by atoms with Gasteiger partial charge in [0.2, 0.25) is 10.0 Å². The van der Waals surface area contributed by atoms with Gasteiger partial charge >= 0.3 is 6.03 Å². The molecule has 2 amide bonds. The lowest BCUT2D eigenvalue weighted by Crippen LogP contribution is -2.52. The molecular weight excluding hydrogens is 437 g/mol. The summed E-state index contributed by atoms with van der Waals surface area (Å²) in [5.74, 6) is -0.460. The molecule has 0 aliphatic carbocycles. The zero-order valence-electron chi connectivity index (χ0n) is 17.8. The van der Waals surface area contributed by atoms with Gasteiger partial charge in [-0.05, 0) is 56.5 Å². The molecule has 1 aliphatic rings. The van der Waals surface area contributed by atoms with Crippen LogP contribution in [0.25, 0.3) is 0 Å². The van der Waals surface area contributed by atoms with Crippen LogP contribution in [0.4, 0.5) is 14.9 Å². The molecule has 0 radical (unpaired) electrons. The second kappa shape index (κ2) is 10.9. The number of aryl methyl sites for hydroxylation is 1. The highest BCUT2D eigenvalue weighted by Gasteiger charge is 2.32. The van der Waals surface area contributed by atoms with Crippen molar-refractivity contribution in [3.05, 3.63) is 59.9 Å². The van der Waals surface area contributed by atoms with Gasteiger partial charge in [-0.15, -0.1) is 0 Å². The molecule has 0 spiro atoms. The minimum atomic E-state index is -3.60. The van der Waals surface area contributed by atoms with Crippen molar-refractivity contribution in [1.82, 2.24) is 10.0 Å². The predicted molar refractivity (Wildman–Crippen MR) is 118 cm³/mol. The quantitative estimate of drug-likeness (QED) is 0.478. The summed E-state index contributed by atoms with van der Waals surface area (Å²) < 4.78 is 46.5. The second-order valence-electron chi connectivity index (χ2n) is 7.77. The van der Waals surface area contributed by atoms with Gasteiger partial charge in [0.1, 0.15) is 11.9 Å². The molecule has 0 bridgehead atoms. The Bertz CT molecular complexity index is 1020. The number of ether oxygens (including phenoxy) is 1. The Kier molecular flexibility index (Phi) is 8.19. The van der Waals surface area contributed by atoms with Crippen molar-refractivity contribution in [2.45, 2.75) is 49.3 Å². The normalized spacial score (nSPS) is 21.2. The minimum Gasteiger partial charge on any atom is -0.394 e. The second-order valence-corrected chi connectivity index (χ2v) is 9.54. The topological polar surface area (TPSA) is 117 Å². The Morgan fingerprint density at radius 1 is 1.19 bits per heavy atom. The zero-order chi connectivity index (χ0) is 23.1. The molecule has 1 fully saturated rings. The first-order valence-corrected chi connectivity index (χ1v) is 11.9. The number of hydrogen-bond acceptors (Lipinski definition) is 5. The SMILES string of the molecule is Cc1ccc(S(=O)(=O)NCC[C@H]2CC[C@H](NC(=O)Nc3cccc(F)c3)[C@@H](CO)O2)cc1. The van der Waals surface area contributed by atoms with Gasteiger partial charge in [-0.1, -0.05) is 23.8 Å². The van der Waals surface area contributed by atoms with Gasteiger partial charge in [-0.25, -0.2) is 22.3 Å². The molecule has 2 aromatic rings. The average molecular weight is 466 g/mol. The van der Waals surface area contributed by atoms with Crippen LogP contribution in [-0.4, -0.2) is 51.0 Å².